The van der Waals surface area contributed by atoms with Gasteiger partial charge in [0.05, 0.1) is 0 Å². The molecule has 3 heteroatoms. The Kier molecular flexibility index (Phi) is 3.92. The van der Waals surface area contributed by atoms with Gasteiger partial charge in [-0.2, -0.15) is 0 Å². The summed E-state index contributed by atoms with van der Waals surface area (Å²) in [4.78, 5) is 5.58. The molecule has 3 aliphatic heterocycles. The number of piperidine rings is 2. The molecule has 0 bridgehead atoms. The number of fused-ring (bicyclic) bond motifs is 1. The van der Waals surface area contributed by atoms with E-state index in [0.717, 1.165) is 24.0 Å². The van der Waals surface area contributed by atoms with Crippen LogP contribution in [-0.2, 0) is 0 Å². The Labute approximate surface area is 112 Å². The van der Waals surface area contributed by atoms with Crippen molar-refractivity contribution >= 4 is 0 Å². The number of nitrogens with one attached hydrogen (secondary N) is 1. The smallest absolute Gasteiger partial charge is 0.0250 e. The van der Waals surface area contributed by atoms with Crippen molar-refractivity contribution in [1.29, 1.82) is 0 Å². The average Bonchev–Trinajstić information content (AvgIpc) is 2.39. The van der Waals surface area contributed by atoms with Gasteiger partial charge in [-0.25, -0.2) is 0 Å². The summed E-state index contributed by atoms with van der Waals surface area (Å²) in [6.45, 7) is 11.3. The van der Waals surface area contributed by atoms with E-state index < -0.39 is 0 Å². The zero-order valence-electron chi connectivity index (χ0n) is 12.1. The minimum atomic E-state index is 0.742. The van der Waals surface area contributed by atoms with Gasteiger partial charge in [0.1, 0.15) is 0 Å². The van der Waals surface area contributed by atoms with Gasteiger partial charge in [0.25, 0.3) is 0 Å². The van der Waals surface area contributed by atoms with Crippen LogP contribution in [0.2, 0.25) is 0 Å². The summed E-state index contributed by atoms with van der Waals surface area (Å²) in [5.74, 6) is 0.865. The minimum Gasteiger partial charge on any atom is -0.315 e. The molecule has 0 radical (unpaired) electrons. The van der Waals surface area contributed by atoms with Crippen molar-refractivity contribution in [1.82, 2.24) is 15.1 Å². The van der Waals surface area contributed by atoms with E-state index in [4.69, 9.17) is 0 Å². The summed E-state index contributed by atoms with van der Waals surface area (Å²) in [5, 5.41) is 3.60. The number of nitrogens with zero attached hydrogens (tertiary/aromatic N) is 2. The highest BCUT2D eigenvalue weighted by atomic mass is 15.3. The largest absolute Gasteiger partial charge is 0.315 e. The Hall–Kier alpha value is -0.120. The van der Waals surface area contributed by atoms with Crippen molar-refractivity contribution in [3.63, 3.8) is 0 Å². The third-order valence-corrected chi connectivity index (χ3v) is 5.45. The van der Waals surface area contributed by atoms with Crippen LogP contribution < -0.4 is 5.32 Å². The molecule has 3 saturated heterocycles. The van der Waals surface area contributed by atoms with E-state index in [-0.39, 0.29) is 0 Å². The van der Waals surface area contributed by atoms with Crippen molar-refractivity contribution in [3.8, 4) is 0 Å². The molecular formula is C15H29N3. The normalized spacial score (nSPS) is 43.7. The van der Waals surface area contributed by atoms with Crippen LogP contribution in [0.5, 0.6) is 0 Å². The topological polar surface area (TPSA) is 18.5 Å². The van der Waals surface area contributed by atoms with Crippen LogP contribution in [0.1, 0.15) is 39.5 Å². The average molecular weight is 251 g/mol. The Morgan fingerprint density at radius 3 is 2.78 bits per heavy atom. The number of hydrogen-bond donors (Lipinski definition) is 1. The van der Waals surface area contributed by atoms with Gasteiger partial charge in [-0.05, 0) is 45.2 Å². The lowest BCUT2D eigenvalue weighted by molar-refractivity contribution is -0.0249. The first kappa shape index (κ1) is 12.9. The summed E-state index contributed by atoms with van der Waals surface area (Å²) < 4.78 is 0. The van der Waals surface area contributed by atoms with Gasteiger partial charge < -0.3 is 5.32 Å². The van der Waals surface area contributed by atoms with Crippen LogP contribution in [0.15, 0.2) is 0 Å². The van der Waals surface area contributed by atoms with E-state index in [1.54, 1.807) is 0 Å². The van der Waals surface area contributed by atoms with Gasteiger partial charge in [-0.15, -0.1) is 0 Å². The van der Waals surface area contributed by atoms with Crippen molar-refractivity contribution < 1.29 is 0 Å². The molecule has 0 aromatic heterocycles. The molecule has 3 aliphatic rings. The van der Waals surface area contributed by atoms with Gasteiger partial charge in [0.2, 0.25) is 0 Å². The van der Waals surface area contributed by atoms with E-state index in [1.807, 2.05) is 0 Å². The Morgan fingerprint density at radius 1 is 1.06 bits per heavy atom. The molecule has 3 nitrogen and oxygen atoms in total. The highest BCUT2D eigenvalue weighted by molar-refractivity contribution is 4.94. The molecule has 0 aromatic rings. The number of piperazine rings is 1. The third-order valence-electron chi connectivity index (χ3n) is 5.45. The minimum absolute atomic E-state index is 0.742. The molecule has 104 valence electrons. The zero-order valence-corrected chi connectivity index (χ0v) is 12.1. The molecule has 0 spiro atoms. The lowest BCUT2D eigenvalue weighted by atomic mass is 9.89. The van der Waals surface area contributed by atoms with E-state index in [2.05, 4.69) is 29.0 Å². The fourth-order valence-corrected chi connectivity index (χ4v) is 4.25. The molecule has 0 aliphatic carbocycles. The second kappa shape index (κ2) is 5.48. The molecule has 0 amide bonds. The van der Waals surface area contributed by atoms with E-state index in [1.165, 1.54) is 58.4 Å². The first-order valence-corrected chi connectivity index (χ1v) is 7.96. The molecule has 0 aromatic carbocycles. The van der Waals surface area contributed by atoms with Gasteiger partial charge in [0, 0.05) is 37.8 Å². The first-order valence-electron chi connectivity index (χ1n) is 7.96. The third kappa shape index (κ3) is 2.45. The standard InChI is InChI=1S/C15H29N3/c1-12-6-7-16-9-15(12)18-11-14-5-3-4-8-17(14)10-13(18)2/h12-16H,3-11H2,1-2H3. The SMILES string of the molecule is CC1CCNCC1N1CC2CCCCN2CC1C. The maximum absolute atomic E-state index is 3.60. The molecule has 4 unspecified atom stereocenters. The van der Waals surface area contributed by atoms with E-state index in [9.17, 15) is 0 Å². The maximum Gasteiger partial charge on any atom is 0.0250 e. The van der Waals surface area contributed by atoms with E-state index >= 15 is 0 Å². The lowest BCUT2D eigenvalue weighted by Crippen LogP contribution is -2.64. The van der Waals surface area contributed by atoms with Crippen molar-refractivity contribution in [2.24, 2.45) is 5.92 Å². The highest BCUT2D eigenvalue weighted by Gasteiger charge is 2.38. The Morgan fingerprint density at radius 2 is 1.94 bits per heavy atom. The lowest BCUT2D eigenvalue weighted by Gasteiger charge is -2.52. The predicted molar refractivity (Wildman–Crippen MR) is 75.8 cm³/mol. The van der Waals surface area contributed by atoms with Gasteiger partial charge >= 0.3 is 0 Å². The molecule has 1 N–H and O–H groups in total. The van der Waals surface area contributed by atoms with Crippen LogP contribution in [0.25, 0.3) is 0 Å². The fourth-order valence-electron chi connectivity index (χ4n) is 4.25. The van der Waals surface area contributed by atoms with Crippen LogP contribution >= 0.6 is 0 Å². The maximum atomic E-state index is 3.60. The van der Waals surface area contributed by atoms with Gasteiger partial charge in [-0.3, -0.25) is 9.80 Å². The van der Waals surface area contributed by atoms with E-state index in [0.29, 0.717) is 0 Å². The molecule has 3 rings (SSSR count). The molecule has 3 fully saturated rings. The summed E-state index contributed by atoms with van der Waals surface area (Å²) in [7, 11) is 0. The first-order chi connectivity index (χ1) is 8.75. The van der Waals surface area contributed by atoms with Crippen molar-refractivity contribution in [2.45, 2.75) is 57.7 Å². The molecule has 4 atom stereocenters. The monoisotopic (exact) mass is 251 g/mol. The summed E-state index contributed by atoms with van der Waals surface area (Å²) in [6, 6.07) is 2.37. The summed E-state index contributed by atoms with van der Waals surface area (Å²) in [5.41, 5.74) is 0. The van der Waals surface area contributed by atoms with Crippen LogP contribution in [0.3, 0.4) is 0 Å². The fraction of sp³-hybridized carbons (Fsp3) is 1.00. The van der Waals surface area contributed by atoms with Gasteiger partial charge in [0.15, 0.2) is 0 Å². The number of rotatable bonds is 1. The Balaban J connectivity index is 1.67. The molecular weight excluding hydrogens is 222 g/mol. The Bertz CT molecular complexity index is 281. The quantitative estimate of drug-likeness (QED) is 0.763. The summed E-state index contributed by atoms with van der Waals surface area (Å²) >= 11 is 0. The number of hydrogen-bond acceptors (Lipinski definition) is 3. The van der Waals surface area contributed by atoms with Crippen LogP contribution in [0, 0.1) is 5.92 Å². The second-order valence-electron chi connectivity index (χ2n) is 6.73. The van der Waals surface area contributed by atoms with Crippen molar-refractivity contribution in [2.75, 3.05) is 32.7 Å². The second-order valence-corrected chi connectivity index (χ2v) is 6.73. The predicted octanol–water partition coefficient (Wildman–Crippen LogP) is 1.54. The zero-order chi connectivity index (χ0) is 12.5. The molecule has 3 heterocycles. The van der Waals surface area contributed by atoms with Crippen molar-refractivity contribution in [3.05, 3.63) is 0 Å². The van der Waals surface area contributed by atoms with Crippen LogP contribution in [-0.4, -0.2) is 60.6 Å². The molecule has 0 saturated carbocycles. The van der Waals surface area contributed by atoms with Crippen LogP contribution in [0.4, 0.5) is 0 Å². The highest BCUT2D eigenvalue weighted by Crippen LogP contribution is 2.28. The van der Waals surface area contributed by atoms with Gasteiger partial charge in [-0.1, -0.05) is 13.3 Å². The summed E-state index contributed by atoms with van der Waals surface area (Å²) in [6.07, 6.45) is 5.65. The molecule has 18 heavy (non-hydrogen) atoms.